The Morgan fingerprint density at radius 2 is 1.79 bits per heavy atom. The van der Waals surface area contributed by atoms with Crippen molar-refractivity contribution in [1.82, 2.24) is 20.2 Å². The number of carbonyl (C=O) groups excluding carboxylic acids is 2. The second-order valence-electron chi connectivity index (χ2n) is 7.85. The molecule has 0 unspecified atom stereocenters. The lowest BCUT2D eigenvalue weighted by atomic mass is 10.1. The number of rotatable bonds is 8. The second-order valence-corrected chi connectivity index (χ2v) is 8.71. The van der Waals surface area contributed by atoms with E-state index in [0.717, 1.165) is 31.7 Å². The van der Waals surface area contributed by atoms with Gasteiger partial charge in [-0.2, -0.15) is 0 Å². The van der Waals surface area contributed by atoms with Gasteiger partial charge in [-0.3, -0.25) is 10.1 Å². The van der Waals surface area contributed by atoms with Crippen LogP contribution < -0.4 is 15.5 Å². The maximum absolute atomic E-state index is 12.6. The predicted molar refractivity (Wildman–Crippen MR) is 131 cm³/mol. The summed E-state index contributed by atoms with van der Waals surface area (Å²) in [5.74, 6) is 0.873. The van der Waals surface area contributed by atoms with Crippen LogP contribution in [0.2, 0.25) is 0 Å². The molecule has 9 heteroatoms. The standard InChI is InChI=1S/C24H28N6O2S/c31-22(26-12-6-9-19-7-2-1-3-8-19)17-20-18-33-23(27-20)28-24(32)30-15-13-29(14-16-30)21-10-4-5-11-25-21/h1-5,7-8,10-11,18H,6,9,12-17H2,(H,26,31)(H,27,28,32). The molecule has 1 saturated heterocycles. The first-order valence-corrected chi connectivity index (χ1v) is 12.0. The fraction of sp³-hybridized carbons (Fsp3) is 0.333. The van der Waals surface area contributed by atoms with Gasteiger partial charge < -0.3 is 15.1 Å². The van der Waals surface area contributed by atoms with Crippen LogP contribution in [0.25, 0.3) is 0 Å². The molecule has 2 N–H and O–H groups in total. The molecule has 33 heavy (non-hydrogen) atoms. The molecule has 2 aromatic heterocycles. The number of aryl methyl sites for hydroxylation is 1. The topological polar surface area (TPSA) is 90.5 Å². The number of carbonyl (C=O) groups is 2. The van der Waals surface area contributed by atoms with Gasteiger partial charge in [0.15, 0.2) is 5.13 Å². The van der Waals surface area contributed by atoms with Gasteiger partial charge in [-0.15, -0.1) is 11.3 Å². The zero-order chi connectivity index (χ0) is 22.9. The first-order valence-electron chi connectivity index (χ1n) is 11.1. The molecule has 3 heterocycles. The highest BCUT2D eigenvalue weighted by molar-refractivity contribution is 7.13. The van der Waals surface area contributed by atoms with E-state index in [0.29, 0.717) is 30.5 Å². The first-order chi connectivity index (χ1) is 16.2. The summed E-state index contributed by atoms with van der Waals surface area (Å²) in [6, 6.07) is 15.9. The highest BCUT2D eigenvalue weighted by Crippen LogP contribution is 2.18. The molecular weight excluding hydrogens is 436 g/mol. The Kier molecular flexibility index (Phi) is 7.86. The van der Waals surface area contributed by atoms with E-state index in [9.17, 15) is 9.59 Å². The van der Waals surface area contributed by atoms with Gasteiger partial charge in [0, 0.05) is 44.3 Å². The van der Waals surface area contributed by atoms with Crippen LogP contribution in [-0.4, -0.2) is 59.5 Å². The normalized spacial score (nSPS) is 13.6. The van der Waals surface area contributed by atoms with Gasteiger partial charge in [0.25, 0.3) is 0 Å². The summed E-state index contributed by atoms with van der Waals surface area (Å²) in [5.41, 5.74) is 1.93. The van der Waals surface area contributed by atoms with Crippen LogP contribution in [-0.2, 0) is 17.6 Å². The zero-order valence-corrected chi connectivity index (χ0v) is 19.3. The van der Waals surface area contributed by atoms with E-state index in [4.69, 9.17) is 0 Å². The summed E-state index contributed by atoms with van der Waals surface area (Å²) in [4.78, 5) is 37.5. The summed E-state index contributed by atoms with van der Waals surface area (Å²) in [5, 5.41) is 8.13. The van der Waals surface area contributed by atoms with Crippen molar-refractivity contribution in [2.45, 2.75) is 19.3 Å². The third-order valence-electron chi connectivity index (χ3n) is 5.45. The van der Waals surface area contributed by atoms with Crippen LogP contribution in [0.4, 0.5) is 15.7 Å². The summed E-state index contributed by atoms with van der Waals surface area (Å²) in [6.45, 7) is 3.33. The summed E-state index contributed by atoms with van der Waals surface area (Å²) < 4.78 is 0. The predicted octanol–water partition coefficient (Wildman–Crippen LogP) is 3.18. The molecule has 1 aliphatic rings. The number of hydrogen-bond donors (Lipinski definition) is 2. The molecule has 3 aromatic rings. The van der Waals surface area contributed by atoms with Crippen LogP contribution in [0.5, 0.6) is 0 Å². The summed E-state index contributed by atoms with van der Waals surface area (Å²) >= 11 is 1.34. The van der Waals surface area contributed by atoms with Crippen LogP contribution >= 0.6 is 11.3 Å². The first kappa shape index (κ1) is 22.7. The zero-order valence-electron chi connectivity index (χ0n) is 18.4. The van der Waals surface area contributed by atoms with Gasteiger partial charge in [-0.25, -0.2) is 14.8 Å². The molecule has 3 amide bonds. The average Bonchev–Trinajstić information content (AvgIpc) is 3.29. The number of urea groups is 1. The highest BCUT2D eigenvalue weighted by Gasteiger charge is 2.22. The van der Waals surface area contributed by atoms with Gasteiger partial charge in [-0.05, 0) is 30.5 Å². The fourth-order valence-electron chi connectivity index (χ4n) is 3.69. The van der Waals surface area contributed by atoms with E-state index in [1.807, 2.05) is 41.8 Å². The Hall–Kier alpha value is -3.46. The molecule has 8 nitrogen and oxygen atoms in total. The van der Waals surface area contributed by atoms with Crippen molar-refractivity contribution in [3.05, 3.63) is 71.4 Å². The Balaban J connectivity index is 1.16. The third-order valence-corrected chi connectivity index (χ3v) is 6.26. The maximum atomic E-state index is 12.6. The van der Waals surface area contributed by atoms with E-state index < -0.39 is 0 Å². The summed E-state index contributed by atoms with van der Waals surface area (Å²) in [7, 11) is 0. The minimum absolute atomic E-state index is 0.0584. The van der Waals surface area contributed by atoms with Crippen molar-refractivity contribution in [1.29, 1.82) is 0 Å². The molecule has 4 rings (SSSR count). The van der Waals surface area contributed by atoms with Crippen molar-refractivity contribution in [3.8, 4) is 0 Å². The van der Waals surface area contributed by atoms with E-state index in [-0.39, 0.29) is 18.4 Å². The van der Waals surface area contributed by atoms with Gasteiger partial charge >= 0.3 is 6.03 Å². The van der Waals surface area contributed by atoms with Crippen molar-refractivity contribution < 1.29 is 9.59 Å². The van der Waals surface area contributed by atoms with Crippen LogP contribution in [0, 0.1) is 0 Å². The summed E-state index contributed by atoms with van der Waals surface area (Å²) in [6.07, 6.45) is 3.81. The van der Waals surface area contributed by atoms with E-state index in [1.54, 1.807) is 11.1 Å². The second kappa shape index (κ2) is 11.4. The van der Waals surface area contributed by atoms with Crippen LogP contribution in [0.15, 0.2) is 60.1 Å². The number of nitrogens with one attached hydrogen (secondary N) is 2. The van der Waals surface area contributed by atoms with Crippen molar-refractivity contribution in [2.75, 3.05) is 42.9 Å². The highest BCUT2D eigenvalue weighted by atomic mass is 32.1. The van der Waals surface area contributed by atoms with Crippen molar-refractivity contribution in [3.63, 3.8) is 0 Å². The number of piperazine rings is 1. The monoisotopic (exact) mass is 464 g/mol. The largest absolute Gasteiger partial charge is 0.356 e. The van der Waals surface area contributed by atoms with Crippen molar-refractivity contribution in [2.24, 2.45) is 0 Å². The number of amides is 3. The molecule has 0 radical (unpaired) electrons. The Morgan fingerprint density at radius 1 is 1.00 bits per heavy atom. The minimum atomic E-state index is -0.165. The van der Waals surface area contributed by atoms with E-state index in [2.05, 4.69) is 37.6 Å². The lowest BCUT2D eigenvalue weighted by molar-refractivity contribution is -0.120. The molecule has 0 saturated carbocycles. The number of pyridine rings is 1. The molecular formula is C24H28N6O2S. The van der Waals surface area contributed by atoms with E-state index >= 15 is 0 Å². The number of hydrogen-bond acceptors (Lipinski definition) is 6. The quantitative estimate of drug-likeness (QED) is 0.500. The van der Waals surface area contributed by atoms with Gasteiger partial charge in [0.05, 0.1) is 12.1 Å². The van der Waals surface area contributed by atoms with Crippen molar-refractivity contribution >= 4 is 34.2 Å². The van der Waals surface area contributed by atoms with Crippen LogP contribution in [0.3, 0.4) is 0 Å². The Morgan fingerprint density at radius 3 is 2.55 bits per heavy atom. The molecule has 0 atom stereocenters. The average molecular weight is 465 g/mol. The molecule has 0 bridgehead atoms. The van der Waals surface area contributed by atoms with Gasteiger partial charge in [-0.1, -0.05) is 36.4 Å². The number of thiazole rings is 1. The van der Waals surface area contributed by atoms with Gasteiger partial charge in [0.1, 0.15) is 5.82 Å². The Labute approximate surface area is 197 Å². The number of anilines is 2. The molecule has 0 aliphatic carbocycles. The maximum Gasteiger partial charge on any atom is 0.323 e. The molecule has 0 spiro atoms. The molecule has 1 aromatic carbocycles. The Bertz CT molecular complexity index is 1040. The number of benzene rings is 1. The third kappa shape index (κ3) is 6.76. The molecule has 1 aliphatic heterocycles. The smallest absolute Gasteiger partial charge is 0.323 e. The number of nitrogens with zero attached hydrogens (tertiary/aromatic N) is 4. The van der Waals surface area contributed by atoms with Crippen LogP contribution in [0.1, 0.15) is 17.7 Å². The SMILES string of the molecule is O=C(Cc1csc(NC(=O)N2CCN(c3ccccn3)CC2)n1)NCCCc1ccccc1. The lowest BCUT2D eigenvalue weighted by Crippen LogP contribution is -2.50. The van der Waals surface area contributed by atoms with E-state index in [1.165, 1.54) is 16.9 Å². The lowest BCUT2D eigenvalue weighted by Gasteiger charge is -2.35. The minimum Gasteiger partial charge on any atom is -0.356 e. The number of aromatic nitrogens is 2. The molecule has 172 valence electrons. The van der Waals surface area contributed by atoms with Gasteiger partial charge in [0.2, 0.25) is 5.91 Å². The molecule has 1 fully saturated rings. The fourth-order valence-corrected chi connectivity index (χ4v) is 4.39.